The van der Waals surface area contributed by atoms with E-state index in [4.69, 9.17) is 14.5 Å². The van der Waals surface area contributed by atoms with E-state index in [0.29, 0.717) is 35.0 Å². The number of aliphatic hydroxyl groups is 1. The molecule has 2 unspecified atom stereocenters. The summed E-state index contributed by atoms with van der Waals surface area (Å²) in [5, 5.41) is 11.9. The van der Waals surface area contributed by atoms with Gasteiger partial charge in [-0.2, -0.15) is 0 Å². The van der Waals surface area contributed by atoms with Gasteiger partial charge >= 0.3 is 5.91 Å². The Bertz CT molecular complexity index is 1640. The Morgan fingerprint density at radius 1 is 1.16 bits per heavy atom. The maximum Gasteiger partial charge on any atom is 0.301 e. The van der Waals surface area contributed by atoms with Crippen LogP contribution < -0.4 is 14.4 Å². The number of rotatable bonds is 5. The number of amides is 1. The lowest BCUT2D eigenvalue weighted by Crippen LogP contribution is -2.29. The average Bonchev–Trinajstić information content (AvgIpc) is 3.56. The zero-order valence-electron chi connectivity index (χ0n) is 21.2. The van der Waals surface area contributed by atoms with Crippen LogP contribution in [0.2, 0.25) is 0 Å². The lowest BCUT2D eigenvalue weighted by molar-refractivity contribution is -0.132. The van der Waals surface area contributed by atoms with E-state index < -0.39 is 17.7 Å². The summed E-state index contributed by atoms with van der Waals surface area (Å²) < 4.78 is 12.4. The molecule has 0 aliphatic carbocycles. The molecule has 2 aliphatic heterocycles. The number of fused-ring (bicyclic) bond motifs is 2. The number of hydrogen-bond donors (Lipinski definition) is 1. The molecule has 0 bridgehead atoms. The second-order valence-electron chi connectivity index (χ2n) is 9.60. The number of Topliss-reactive ketones (excluding diaryl/α,β-unsaturated/α-hetero) is 1. The maximum atomic E-state index is 13.6. The predicted molar refractivity (Wildman–Crippen MR) is 147 cm³/mol. The Hall–Kier alpha value is -4.17. The summed E-state index contributed by atoms with van der Waals surface area (Å²) in [5.74, 6) is -0.335. The Balaban J connectivity index is 1.54. The molecule has 0 spiro atoms. The molecule has 0 radical (unpaired) electrons. The molecule has 2 atom stereocenters. The van der Waals surface area contributed by atoms with Crippen molar-refractivity contribution >= 4 is 44.1 Å². The van der Waals surface area contributed by atoms with Gasteiger partial charge in [0.25, 0.3) is 5.78 Å². The van der Waals surface area contributed by atoms with Crippen molar-refractivity contribution in [2.75, 3.05) is 11.5 Å². The fraction of sp³-hybridized carbons (Fsp3) is 0.233. The molecule has 2 aliphatic rings. The van der Waals surface area contributed by atoms with E-state index in [1.807, 2.05) is 63.2 Å². The van der Waals surface area contributed by atoms with Gasteiger partial charge in [0.05, 0.1) is 28.4 Å². The molecule has 4 aromatic rings. The third kappa shape index (κ3) is 4.01. The SMILES string of the molecule is CCOc1cccc(C2C(=C(O)c3ccc4c(c3)CC(C)O4)C(=O)C(=O)N2c2nc3ccc(C)cc3s2)c1. The number of anilines is 1. The van der Waals surface area contributed by atoms with E-state index in [9.17, 15) is 14.7 Å². The highest BCUT2D eigenvalue weighted by molar-refractivity contribution is 7.22. The minimum absolute atomic E-state index is 0.0194. The number of aromatic nitrogens is 1. The standard InChI is InChI=1S/C30H26N2O5S/c1-4-36-21-7-5-6-18(15-21)26-25(27(33)19-9-11-23-20(14-19)13-17(3)37-23)28(34)29(35)32(26)30-31-22-10-8-16(2)12-24(22)38-30/h5-12,14-15,17,26,33H,4,13H2,1-3H3. The molecule has 1 aromatic heterocycles. The predicted octanol–water partition coefficient (Wildman–Crippen LogP) is 5.95. The number of benzene rings is 3. The van der Waals surface area contributed by atoms with Gasteiger partial charge in [-0.3, -0.25) is 14.5 Å². The van der Waals surface area contributed by atoms with E-state index in [2.05, 4.69) is 0 Å². The molecule has 6 rings (SSSR count). The summed E-state index contributed by atoms with van der Waals surface area (Å²) in [5.41, 5.74) is 3.89. The summed E-state index contributed by atoms with van der Waals surface area (Å²) in [6.07, 6.45) is 0.743. The fourth-order valence-corrected chi connectivity index (χ4v) is 6.22. The second-order valence-corrected chi connectivity index (χ2v) is 10.6. The molecule has 0 saturated carbocycles. The van der Waals surface area contributed by atoms with E-state index in [1.165, 1.54) is 16.2 Å². The van der Waals surface area contributed by atoms with Crippen molar-refractivity contribution in [3.05, 3.63) is 88.5 Å². The van der Waals surface area contributed by atoms with Crippen LogP contribution in [0.3, 0.4) is 0 Å². The van der Waals surface area contributed by atoms with Crippen molar-refractivity contribution in [3.8, 4) is 11.5 Å². The van der Waals surface area contributed by atoms with Crippen molar-refractivity contribution in [2.45, 2.75) is 39.3 Å². The summed E-state index contributed by atoms with van der Waals surface area (Å²) in [6.45, 7) is 6.33. The number of aliphatic hydroxyl groups excluding tert-OH is 1. The van der Waals surface area contributed by atoms with Crippen molar-refractivity contribution in [1.29, 1.82) is 0 Å². The lowest BCUT2D eigenvalue weighted by Gasteiger charge is -2.23. The highest BCUT2D eigenvalue weighted by Crippen LogP contribution is 2.45. The highest BCUT2D eigenvalue weighted by Gasteiger charge is 2.48. The van der Waals surface area contributed by atoms with Crippen LogP contribution in [0.25, 0.3) is 16.0 Å². The molecule has 8 heteroatoms. The molecular weight excluding hydrogens is 500 g/mol. The second kappa shape index (κ2) is 9.29. The van der Waals surface area contributed by atoms with Crippen LogP contribution in [0.5, 0.6) is 11.5 Å². The highest BCUT2D eigenvalue weighted by atomic mass is 32.1. The van der Waals surface area contributed by atoms with Crippen LogP contribution in [-0.2, 0) is 16.0 Å². The number of carbonyl (C=O) groups is 2. The molecule has 1 saturated heterocycles. The average molecular weight is 527 g/mol. The summed E-state index contributed by atoms with van der Waals surface area (Å²) in [4.78, 5) is 33.2. The van der Waals surface area contributed by atoms with Crippen LogP contribution in [0, 0.1) is 6.92 Å². The topological polar surface area (TPSA) is 89.0 Å². The first-order chi connectivity index (χ1) is 18.3. The Morgan fingerprint density at radius 2 is 2.00 bits per heavy atom. The fourth-order valence-electron chi connectivity index (χ4n) is 5.13. The number of ketones is 1. The molecule has 38 heavy (non-hydrogen) atoms. The Labute approximate surface area is 224 Å². The normalized spacial score (nSPS) is 20.1. The number of carbonyl (C=O) groups excluding carboxylic acids is 2. The zero-order valence-corrected chi connectivity index (χ0v) is 22.0. The largest absolute Gasteiger partial charge is 0.507 e. The van der Waals surface area contributed by atoms with Crippen molar-refractivity contribution in [2.24, 2.45) is 0 Å². The molecule has 1 N–H and O–H groups in total. The molecule has 1 fully saturated rings. The molecular formula is C30H26N2O5S. The number of nitrogens with zero attached hydrogens (tertiary/aromatic N) is 2. The van der Waals surface area contributed by atoms with Crippen LogP contribution in [0.1, 0.15) is 42.1 Å². The van der Waals surface area contributed by atoms with E-state index in [0.717, 1.165) is 27.1 Å². The van der Waals surface area contributed by atoms with E-state index in [1.54, 1.807) is 18.2 Å². The minimum Gasteiger partial charge on any atom is -0.507 e. The van der Waals surface area contributed by atoms with Crippen molar-refractivity contribution in [1.82, 2.24) is 4.98 Å². The maximum absolute atomic E-state index is 13.6. The quantitative estimate of drug-likeness (QED) is 0.196. The summed E-state index contributed by atoms with van der Waals surface area (Å²) in [7, 11) is 0. The number of aryl methyl sites for hydroxylation is 1. The van der Waals surface area contributed by atoms with Crippen LogP contribution in [0.4, 0.5) is 5.13 Å². The van der Waals surface area contributed by atoms with Crippen molar-refractivity contribution < 1.29 is 24.2 Å². The first-order valence-corrected chi connectivity index (χ1v) is 13.4. The van der Waals surface area contributed by atoms with Gasteiger partial charge in [-0.25, -0.2) is 4.98 Å². The van der Waals surface area contributed by atoms with Gasteiger partial charge in [0.2, 0.25) is 0 Å². The molecule has 3 heterocycles. The first-order valence-electron chi connectivity index (χ1n) is 12.5. The number of hydrogen-bond acceptors (Lipinski definition) is 7. The van der Waals surface area contributed by atoms with Gasteiger partial charge in [-0.15, -0.1) is 0 Å². The zero-order chi connectivity index (χ0) is 26.6. The van der Waals surface area contributed by atoms with E-state index >= 15 is 0 Å². The number of ether oxygens (including phenoxy) is 2. The lowest BCUT2D eigenvalue weighted by atomic mass is 9.94. The Kier molecular flexibility index (Phi) is 5.91. The third-order valence-electron chi connectivity index (χ3n) is 6.84. The Morgan fingerprint density at radius 3 is 2.82 bits per heavy atom. The van der Waals surface area contributed by atoms with Crippen LogP contribution in [-0.4, -0.2) is 34.5 Å². The van der Waals surface area contributed by atoms with Gasteiger partial charge in [-0.05, 0) is 79.9 Å². The van der Waals surface area contributed by atoms with Gasteiger partial charge in [0.15, 0.2) is 5.13 Å². The van der Waals surface area contributed by atoms with Crippen LogP contribution >= 0.6 is 11.3 Å². The first kappa shape index (κ1) is 24.2. The molecule has 192 valence electrons. The molecule has 3 aromatic carbocycles. The van der Waals surface area contributed by atoms with Crippen LogP contribution in [0.15, 0.2) is 66.2 Å². The van der Waals surface area contributed by atoms with Gasteiger partial charge in [0.1, 0.15) is 23.4 Å². The molecule has 7 nitrogen and oxygen atoms in total. The minimum atomic E-state index is -0.875. The van der Waals surface area contributed by atoms with Crippen molar-refractivity contribution in [3.63, 3.8) is 0 Å². The third-order valence-corrected chi connectivity index (χ3v) is 7.85. The number of thiazole rings is 1. The molecule has 1 amide bonds. The van der Waals surface area contributed by atoms with Gasteiger partial charge in [0, 0.05) is 12.0 Å². The van der Waals surface area contributed by atoms with Gasteiger partial charge in [-0.1, -0.05) is 29.5 Å². The summed E-state index contributed by atoms with van der Waals surface area (Å²) >= 11 is 1.34. The van der Waals surface area contributed by atoms with E-state index in [-0.39, 0.29) is 17.4 Å². The monoisotopic (exact) mass is 526 g/mol. The summed E-state index contributed by atoms with van der Waals surface area (Å²) in [6, 6.07) is 17.6. The van der Waals surface area contributed by atoms with Gasteiger partial charge < -0.3 is 14.6 Å². The smallest absolute Gasteiger partial charge is 0.301 e.